The van der Waals surface area contributed by atoms with E-state index in [1.807, 2.05) is 0 Å². The number of fused-ring (bicyclic) bond motifs is 1. The second kappa shape index (κ2) is 3.44. The number of rotatable bonds is 0. The Balaban J connectivity index is 2.36. The summed E-state index contributed by atoms with van der Waals surface area (Å²) in [6.07, 6.45) is 6.85. The van der Waals surface area contributed by atoms with Gasteiger partial charge in [0.15, 0.2) is 0 Å². The molecule has 62 valence electrons. The van der Waals surface area contributed by atoms with Gasteiger partial charge in [-0.05, 0) is 24.5 Å². The fourth-order valence-electron chi connectivity index (χ4n) is 1.46. The van der Waals surface area contributed by atoms with Crippen LogP contribution >= 0.6 is 0 Å². The molecular formula is C11H13N. The highest BCUT2D eigenvalue weighted by atomic mass is 14.9. The highest BCUT2D eigenvalue weighted by Crippen LogP contribution is 2.18. The molecule has 1 heterocycles. The first-order valence-corrected chi connectivity index (χ1v) is 4.46. The van der Waals surface area contributed by atoms with E-state index in [-0.39, 0.29) is 0 Å². The van der Waals surface area contributed by atoms with E-state index in [2.05, 4.69) is 41.7 Å². The molecule has 0 atom stereocenters. The van der Waals surface area contributed by atoms with Crippen LogP contribution in [0, 0.1) is 0 Å². The molecule has 0 unspecified atom stereocenters. The smallest absolute Gasteiger partial charge is 0.0413 e. The van der Waals surface area contributed by atoms with Crippen LogP contribution in [0.15, 0.2) is 30.3 Å². The van der Waals surface area contributed by atoms with Crippen molar-refractivity contribution in [1.82, 2.24) is 0 Å². The van der Waals surface area contributed by atoms with Crippen molar-refractivity contribution in [3.05, 3.63) is 35.9 Å². The van der Waals surface area contributed by atoms with Crippen molar-refractivity contribution in [3.63, 3.8) is 0 Å². The lowest BCUT2D eigenvalue weighted by atomic mass is 10.1. The van der Waals surface area contributed by atoms with Crippen LogP contribution in [-0.2, 0) is 0 Å². The second-order valence-electron chi connectivity index (χ2n) is 3.06. The van der Waals surface area contributed by atoms with Crippen molar-refractivity contribution >= 4 is 11.8 Å². The van der Waals surface area contributed by atoms with Crippen molar-refractivity contribution in [3.8, 4) is 0 Å². The molecule has 1 N–H and O–H groups in total. The monoisotopic (exact) mass is 159 g/mol. The van der Waals surface area contributed by atoms with E-state index in [0.717, 1.165) is 6.54 Å². The minimum absolute atomic E-state index is 1.08. The molecule has 0 saturated heterocycles. The van der Waals surface area contributed by atoms with Crippen molar-refractivity contribution in [2.45, 2.75) is 12.8 Å². The summed E-state index contributed by atoms with van der Waals surface area (Å²) in [5.74, 6) is 0. The molecule has 0 aromatic heterocycles. The molecule has 0 saturated carbocycles. The molecule has 1 nitrogen and oxygen atoms in total. The predicted molar refractivity (Wildman–Crippen MR) is 53.2 cm³/mol. The van der Waals surface area contributed by atoms with Crippen LogP contribution in [0.4, 0.5) is 5.69 Å². The summed E-state index contributed by atoms with van der Waals surface area (Å²) < 4.78 is 0. The molecular weight excluding hydrogens is 146 g/mol. The first-order valence-electron chi connectivity index (χ1n) is 4.46. The van der Waals surface area contributed by atoms with Gasteiger partial charge in [-0.25, -0.2) is 0 Å². The van der Waals surface area contributed by atoms with Crippen LogP contribution < -0.4 is 5.32 Å². The van der Waals surface area contributed by atoms with E-state index in [0.29, 0.717) is 0 Å². The standard InChI is InChI=1S/C11H13N/c1-2-6-10-7-3-4-8-11(10)12-9-5-1/h2-4,6-8,12H,1,5,9H2. The summed E-state index contributed by atoms with van der Waals surface area (Å²) in [5.41, 5.74) is 2.56. The van der Waals surface area contributed by atoms with Crippen LogP contribution in [0.25, 0.3) is 6.08 Å². The third-order valence-corrected chi connectivity index (χ3v) is 2.12. The fraction of sp³-hybridized carbons (Fsp3) is 0.273. The zero-order valence-corrected chi connectivity index (χ0v) is 7.09. The van der Waals surface area contributed by atoms with E-state index in [9.17, 15) is 0 Å². The Hall–Kier alpha value is -1.24. The maximum atomic E-state index is 3.41. The van der Waals surface area contributed by atoms with E-state index >= 15 is 0 Å². The highest BCUT2D eigenvalue weighted by Gasteiger charge is 1.98. The number of allylic oxidation sites excluding steroid dienone is 1. The second-order valence-corrected chi connectivity index (χ2v) is 3.06. The Labute approximate surface area is 73.1 Å². The first-order chi connectivity index (χ1) is 5.97. The van der Waals surface area contributed by atoms with Crippen LogP contribution in [0.2, 0.25) is 0 Å². The lowest BCUT2D eigenvalue weighted by Gasteiger charge is -2.11. The zero-order valence-electron chi connectivity index (χ0n) is 7.09. The first kappa shape index (κ1) is 7.41. The molecule has 2 rings (SSSR count). The predicted octanol–water partition coefficient (Wildman–Crippen LogP) is 2.91. The Morgan fingerprint density at radius 3 is 3.08 bits per heavy atom. The highest BCUT2D eigenvalue weighted by molar-refractivity contribution is 5.66. The molecule has 1 aliphatic heterocycles. The Morgan fingerprint density at radius 2 is 2.08 bits per heavy atom. The normalized spacial score (nSPS) is 15.7. The SMILES string of the molecule is C1=Cc2ccccc2NCCC1. The van der Waals surface area contributed by atoms with Crippen LogP contribution in [-0.4, -0.2) is 6.54 Å². The molecule has 0 amide bonds. The van der Waals surface area contributed by atoms with Gasteiger partial charge in [0.2, 0.25) is 0 Å². The van der Waals surface area contributed by atoms with Crippen molar-refractivity contribution in [2.24, 2.45) is 0 Å². The number of hydrogen-bond acceptors (Lipinski definition) is 1. The topological polar surface area (TPSA) is 12.0 Å². The average molecular weight is 159 g/mol. The number of hydrogen-bond donors (Lipinski definition) is 1. The number of para-hydroxylation sites is 1. The van der Waals surface area contributed by atoms with Gasteiger partial charge in [-0.2, -0.15) is 0 Å². The van der Waals surface area contributed by atoms with Crippen LogP contribution in [0.3, 0.4) is 0 Å². The molecule has 0 aliphatic carbocycles. The van der Waals surface area contributed by atoms with E-state index in [4.69, 9.17) is 0 Å². The molecule has 1 aliphatic rings. The fourth-order valence-corrected chi connectivity index (χ4v) is 1.46. The molecule has 1 aromatic rings. The van der Waals surface area contributed by atoms with Gasteiger partial charge >= 0.3 is 0 Å². The molecule has 1 heteroatoms. The van der Waals surface area contributed by atoms with Crippen molar-refractivity contribution in [1.29, 1.82) is 0 Å². The lowest BCUT2D eigenvalue weighted by molar-refractivity contribution is 0.888. The molecule has 12 heavy (non-hydrogen) atoms. The quantitative estimate of drug-likeness (QED) is 0.613. The van der Waals surface area contributed by atoms with Gasteiger partial charge < -0.3 is 5.32 Å². The largest absolute Gasteiger partial charge is 0.385 e. The van der Waals surface area contributed by atoms with Crippen molar-refractivity contribution in [2.75, 3.05) is 11.9 Å². The van der Waals surface area contributed by atoms with Gasteiger partial charge in [-0.3, -0.25) is 0 Å². The Morgan fingerprint density at radius 1 is 1.17 bits per heavy atom. The summed E-state index contributed by atoms with van der Waals surface area (Å²) in [6.45, 7) is 1.08. The summed E-state index contributed by atoms with van der Waals surface area (Å²) in [6, 6.07) is 8.42. The summed E-state index contributed by atoms with van der Waals surface area (Å²) >= 11 is 0. The van der Waals surface area contributed by atoms with Gasteiger partial charge in [-0.1, -0.05) is 30.4 Å². The number of benzene rings is 1. The van der Waals surface area contributed by atoms with E-state index in [1.165, 1.54) is 24.1 Å². The van der Waals surface area contributed by atoms with E-state index < -0.39 is 0 Å². The Kier molecular flexibility index (Phi) is 2.12. The maximum Gasteiger partial charge on any atom is 0.0413 e. The summed E-state index contributed by atoms with van der Waals surface area (Å²) in [7, 11) is 0. The van der Waals surface area contributed by atoms with Gasteiger partial charge in [0, 0.05) is 12.2 Å². The third kappa shape index (κ3) is 1.50. The van der Waals surface area contributed by atoms with Gasteiger partial charge in [0.05, 0.1) is 0 Å². The van der Waals surface area contributed by atoms with Gasteiger partial charge in [0.25, 0.3) is 0 Å². The molecule has 0 spiro atoms. The minimum atomic E-state index is 1.08. The summed E-state index contributed by atoms with van der Waals surface area (Å²) in [5, 5.41) is 3.41. The molecule has 1 aromatic carbocycles. The lowest BCUT2D eigenvalue weighted by Crippen LogP contribution is -2.03. The van der Waals surface area contributed by atoms with Crippen LogP contribution in [0.1, 0.15) is 18.4 Å². The maximum absolute atomic E-state index is 3.41. The minimum Gasteiger partial charge on any atom is -0.385 e. The number of nitrogens with one attached hydrogen (secondary N) is 1. The molecule has 0 bridgehead atoms. The van der Waals surface area contributed by atoms with Crippen molar-refractivity contribution < 1.29 is 0 Å². The van der Waals surface area contributed by atoms with Gasteiger partial charge in [0.1, 0.15) is 0 Å². The third-order valence-electron chi connectivity index (χ3n) is 2.12. The number of anilines is 1. The molecule has 0 radical (unpaired) electrons. The van der Waals surface area contributed by atoms with Crippen LogP contribution in [0.5, 0.6) is 0 Å². The van der Waals surface area contributed by atoms with E-state index in [1.54, 1.807) is 0 Å². The summed E-state index contributed by atoms with van der Waals surface area (Å²) in [4.78, 5) is 0. The zero-order chi connectivity index (χ0) is 8.23. The Bertz CT molecular complexity index is 289. The average Bonchev–Trinajstić information content (AvgIpc) is 2.06. The molecule has 0 fully saturated rings. The van der Waals surface area contributed by atoms with Gasteiger partial charge in [-0.15, -0.1) is 0 Å².